The molecule has 2 aromatic rings. The minimum absolute atomic E-state index is 0.661. The molecule has 0 amide bonds. The Bertz CT molecular complexity index is 578. The molecule has 0 radical (unpaired) electrons. The van der Waals surface area contributed by atoms with E-state index < -0.39 is 0 Å². The molecule has 1 aromatic carbocycles. The molecular formula is C13H13BrClN3. The van der Waals surface area contributed by atoms with E-state index in [0.29, 0.717) is 11.6 Å². The molecule has 1 heterocycles. The lowest BCUT2D eigenvalue weighted by Gasteiger charge is -2.10. The largest absolute Gasteiger partial charge is 0.352 e. The van der Waals surface area contributed by atoms with Gasteiger partial charge >= 0.3 is 0 Å². The van der Waals surface area contributed by atoms with Crippen LogP contribution in [-0.4, -0.2) is 16.1 Å². The predicted molar refractivity (Wildman–Crippen MR) is 79.7 cm³/mol. The summed E-state index contributed by atoms with van der Waals surface area (Å²) in [6, 6.07) is 5.66. The molecule has 0 saturated carbocycles. The molecule has 0 aliphatic rings. The van der Waals surface area contributed by atoms with Crippen molar-refractivity contribution in [1.82, 2.24) is 9.55 Å². The third-order valence-electron chi connectivity index (χ3n) is 2.40. The summed E-state index contributed by atoms with van der Waals surface area (Å²) in [6.45, 7) is 6.30. The van der Waals surface area contributed by atoms with Gasteiger partial charge in [0.25, 0.3) is 0 Å². The lowest BCUT2D eigenvalue weighted by atomic mass is 10.3. The molecule has 0 unspecified atom stereocenters. The van der Waals surface area contributed by atoms with Crippen LogP contribution in [0.2, 0.25) is 5.02 Å². The van der Waals surface area contributed by atoms with Crippen LogP contribution in [0.15, 0.2) is 41.5 Å². The van der Waals surface area contributed by atoms with E-state index in [1.807, 2.05) is 35.9 Å². The van der Waals surface area contributed by atoms with Crippen molar-refractivity contribution in [2.75, 3.05) is 11.9 Å². The number of nitrogens with zero attached hydrogens (tertiary/aromatic N) is 2. The fraction of sp³-hybridized carbons (Fsp3) is 0.154. The number of nitrogens with one attached hydrogen (secondary N) is 1. The highest BCUT2D eigenvalue weighted by Gasteiger charge is 2.10. The van der Waals surface area contributed by atoms with Crippen molar-refractivity contribution >= 4 is 33.5 Å². The van der Waals surface area contributed by atoms with Crippen LogP contribution in [0.1, 0.15) is 5.69 Å². The van der Waals surface area contributed by atoms with Gasteiger partial charge in [-0.1, -0.05) is 17.7 Å². The highest BCUT2D eigenvalue weighted by atomic mass is 79.9. The van der Waals surface area contributed by atoms with E-state index in [2.05, 4.69) is 32.8 Å². The van der Waals surface area contributed by atoms with Crippen molar-refractivity contribution in [3.05, 3.63) is 52.2 Å². The molecule has 3 nitrogen and oxygen atoms in total. The van der Waals surface area contributed by atoms with E-state index in [9.17, 15) is 0 Å². The predicted octanol–water partition coefficient (Wildman–Crippen LogP) is 4.19. The maximum atomic E-state index is 6.04. The number of anilines is 1. The van der Waals surface area contributed by atoms with Gasteiger partial charge < -0.3 is 5.32 Å². The van der Waals surface area contributed by atoms with Gasteiger partial charge in [0.2, 0.25) is 5.95 Å². The average Bonchev–Trinajstić information content (AvgIpc) is 2.71. The number of hydrogen-bond acceptors (Lipinski definition) is 2. The lowest BCUT2D eigenvalue weighted by molar-refractivity contribution is 1.03. The van der Waals surface area contributed by atoms with Crippen LogP contribution < -0.4 is 5.32 Å². The number of rotatable bonds is 4. The molecule has 0 spiro atoms. The first-order chi connectivity index (χ1) is 8.61. The number of aryl methyl sites for hydroxylation is 1. The Morgan fingerprint density at radius 1 is 1.56 bits per heavy atom. The molecule has 18 heavy (non-hydrogen) atoms. The minimum atomic E-state index is 0.661. The summed E-state index contributed by atoms with van der Waals surface area (Å²) in [5, 5.41) is 3.89. The molecule has 1 aromatic heterocycles. The molecule has 0 aliphatic carbocycles. The van der Waals surface area contributed by atoms with Crippen LogP contribution in [0.5, 0.6) is 0 Å². The fourth-order valence-corrected chi connectivity index (χ4v) is 2.24. The van der Waals surface area contributed by atoms with Gasteiger partial charge in [0.1, 0.15) is 0 Å². The van der Waals surface area contributed by atoms with Crippen LogP contribution in [-0.2, 0) is 0 Å². The van der Waals surface area contributed by atoms with Gasteiger partial charge in [0.05, 0.1) is 11.4 Å². The zero-order chi connectivity index (χ0) is 13.1. The number of imidazole rings is 1. The van der Waals surface area contributed by atoms with Crippen LogP contribution in [0, 0.1) is 6.92 Å². The van der Waals surface area contributed by atoms with Crippen molar-refractivity contribution in [2.45, 2.75) is 6.92 Å². The quantitative estimate of drug-likeness (QED) is 0.854. The molecule has 0 aliphatic heterocycles. The Morgan fingerprint density at radius 3 is 3.06 bits per heavy atom. The van der Waals surface area contributed by atoms with Crippen molar-refractivity contribution < 1.29 is 0 Å². The van der Waals surface area contributed by atoms with Crippen LogP contribution >= 0.6 is 27.5 Å². The summed E-state index contributed by atoms with van der Waals surface area (Å²) < 4.78 is 2.93. The zero-order valence-electron chi connectivity index (χ0n) is 9.95. The molecule has 94 valence electrons. The molecule has 2 rings (SSSR count). The summed E-state index contributed by atoms with van der Waals surface area (Å²) in [5.41, 5.74) is 1.89. The third kappa shape index (κ3) is 2.76. The summed E-state index contributed by atoms with van der Waals surface area (Å²) in [5.74, 6) is 0.773. The number of aromatic nitrogens is 2. The van der Waals surface area contributed by atoms with Gasteiger partial charge in [0, 0.05) is 22.2 Å². The van der Waals surface area contributed by atoms with Gasteiger partial charge in [-0.15, -0.1) is 6.58 Å². The maximum absolute atomic E-state index is 6.04. The Hall–Kier alpha value is -1.26. The monoisotopic (exact) mass is 325 g/mol. The number of benzene rings is 1. The first kappa shape index (κ1) is 13.2. The van der Waals surface area contributed by atoms with E-state index in [4.69, 9.17) is 11.6 Å². The van der Waals surface area contributed by atoms with E-state index in [1.165, 1.54) is 0 Å². The van der Waals surface area contributed by atoms with Crippen LogP contribution in [0.3, 0.4) is 0 Å². The van der Waals surface area contributed by atoms with Crippen molar-refractivity contribution in [3.63, 3.8) is 0 Å². The number of hydrogen-bond donors (Lipinski definition) is 1. The molecule has 5 heteroatoms. The van der Waals surface area contributed by atoms with E-state index in [1.54, 1.807) is 6.08 Å². The topological polar surface area (TPSA) is 29.9 Å². The summed E-state index contributed by atoms with van der Waals surface area (Å²) in [7, 11) is 0. The fourth-order valence-electron chi connectivity index (χ4n) is 1.64. The van der Waals surface area contributed by atoms with Crippen molar-refractivity contribution in [2.24, 2.45) is 0 Å². The highest BCUT2D eigenvalue weighted by molar-refractivity contribution is 9.10. The zero-order valence-corrected chi connectivity index (χ0v) is 12.3. The Labute approximate surface area is 120 Å². The van der Waals surface area contributed by atoms with Crippen LogP contribution in [0.25, 0.3) is 5.69 Å². The SMILES string of the molecule is C=CCNc1nc(C)cn1-c1cc(Cl)ccc1Br. The molecular weight excluding hydrogens is 314 g/mol. The first-order valence-corrected chi connectivity index (χ1v) is 6.65. The van der Waals surface area contributed by atoms with Crippen LogP contribution in [0.4, 0.5) is 5.95 Å². The molecule has 0 fully saturated rings. The maximum Gasteiger partial charge on any atom is 0.208 e. The normalized spacial score (nSPS) is 10.4. The van der Waals surface area contributed by atoms with Gasteiger partial charge in [-0.3, -0.25) is 4.57 Å². The summed E-state index contributed by atoms with van der Waals surface area (Å²) in [4.78, 5) is 4.44. The van der Waals surface area contributed by atoms with Crippen molar-refractivity contribution in [3.8, 4) is 5.69 Å². The second-order valence-electron chi connectivity index (χ2n) is 3.84. The van der Waals surface area contributed by atoms with E-state index in [-0.39, 0.29) is 0 Å². The second-order valence-corrected chi connectivity index (χ2v) is 5.13. The average molecular weight is 327 g/mol. The van der Waals surface area contributed by atoms with E-state index >= 15 is 0 Å². The van der Waals surface area contributed by atoms with Gasteiger partial charge in [-0.25, -0.2) is 4.98 Å². The lowest BCUT2D eigenvalue weighted by Crippen LogP contribution is -2.06. The highest BCUT2D eigenvalue weighted by Crippen LogP contribution is 2.27. The van der Waals surface area contributed by atoms with Gasteiger partial charge in [-0.2, -0.15) is 0 Å². The molecule has 0 atom stereocenters. The van der Waals surface area contributed by atoms with Gasteiger partial charge in [-0.05, 0) is 41.1 Å². The van der Waals surface area contributed by atoms with Gasteiger partial charge in [0.15, 0.2) is 0 Å². The number of halogens is 2. The second kappa shape index (κ2) is 5.59. The first-order valence-electron chi connectivity index (χ1n) is 5.48. The summed E-state index contributed by atoms with van der Waals surface area (Å²) in [6.07, 6.45) is 3.75. The smallest absolute Gasteiger partial charge is 0.208 e. The Kier molecular flexibility index (Phi) is 4.09. The van der Waals surface area contributed by atoms with Crippen molar-refractivity contribution in [1.29, 1.82) is 0 Å². The standard InChI is InChI=1S/C13H13BrClN3/c1-3-6-16-13-17-9(2)8-18(13)12-7-10(15)4-5-11(12)14/h3-5,7-8H,1,6H2,2H3,(H,16,17). The summed E-state index contributed by atoms with van der Waals surface area (Å²) >= 11 is 9.56. The molecule has 1 N–H and O–H groups in total. The minimum Gasteiger partial charge on any atom is -0.352 e. The molecule has 0 bridgehead atoms. The molecule has 0 saturated heterocycles. The third-order valence-corrected chi connectivity index (χ3v) is 3.30. The Morgan fingerprint density at radius 2 is 2.33 bits per heavy atom. The van der Waals surface area contributed by atoms with E-state index in [0.717, 1.165) is 21.8 Å². The Balaban J connectivity index is 2.48.